The maximum atomic E-state index is 11.3. The Morgan fingerprint density at radius 1 is 1.04 bits per heavy atom. The normalized spacial score (nSPS) is 10.5. The van der Waals surface area contributed by atoms with E-state index in [0.29, 0.717) is 16.3 Å². The molecule has 3 rings (SSSR count). The summed E-state index contributed by atoms with van der Waals surface area (Å²) in [6, 6.07) is 14.2. The predicted molar refractivity (Wildman–Crippen MR) is 99.5 cm³/mol. The van der Waals surface area contributed by atoms with Gasteiger partial charge in [0.2, 0.25) is 0 Å². The van der Waals surface area contributed by atoms with Crippen LogP contribution in [-0.4, -0.2) is 21.2 Å². The number of nitro benzene ring substituents is 1. The fraction of sp³-hybridized carbons (Fsp3) is 0.105. The second kappa shape index (κ2) is 7.45. The number of benzene rings is 2. The molecule has 2 aromatic carbocycles. The standard InChI is InChI=1S/C19H15N3O3S/c1-12-3-6-15(7-4-12)16-9-13(2)20-19(21-16)26-18-8-5-14(11-23)10-17(18)22(24)25/h3-11H,1-2H3. The van der Waals surface area contributed by atoms with Crippen LogP contribution in [0, 0.1) is 24.0 Å². The predicted octanol–water partition coefficient (Wildman–Crippen LogP) is 4.63. The molecule has 1 aromatic heterocycles. The van der Waals surface area contributed by atoms with E-state index < -0.39 is 4.92 Å². The van der Waals surface area contributed by atoms with E-state index in [0.717, 1.165) is 34.3 Å². The van der Waals surface area contributed by atoms with E-state index in [1.165, 1.54) is 6.07 Å². The summed E-state index contributed by atoms with van der Waals surface area (Å²) in [5, 5.41) is 11.7. The summed E-state index contributed by atoms with van der Waals surface area (Å²) in [6.45, 7) is 3.87. The molecule has 0 saturated heterocycles. The molecule has 1 heterocycles. The van der Waals surface area contributed by atoms with Crippen LogP contribution in [0.3, 0.4) is 0 Å². The van der Waals surface area contributed by atoms with Crippen molar-refractivity contribution < 1.29 is 9.72 Å². The minimum absolute atomic E-state index is 0.137. The van der Waals surface area contributed by atoms with Crippen molar-refractivity contribution in [2.75, 3.05) is 0 Å². The number of hydrogen-bond acceptors (Lipinski definition) is 6. The van der Waals surface area contributed by atoms with E-state index in [4.69, 9.17) is 0 Å². The number of nitro groups is 1. The van der Waals surface area contributed by atoms with Crippen molar-refractivity contribution in [3.05, 3.63) is 75.5 Å². The van der Waals surface area contributed by atoms with Crippen molar-refractivity contribution in [2.24, 2.45) is 0 Å². The van der Waals surface area contributed by atoms with E-state index in [2.05, 4.69) is 9.97 Å². The van der Waals surface area contributed by atoms with Crippen LogP contribution in [0.5, 0.6) is 0 Å². The summed E-state index contributed by atoms with van der Waals surface area (Å²) in [4.78, 5) is 31.0. The van der Waals surface area contributed by atoms with Crippen LogP contribution in [0.15, 0.2) is 58.6 Å². The van der Waals surface area contributed by atoms with Gasteiger partial charge in [0.1, 0.15) is 6.29 Å². The van der Waals surface area contributed by atoms with Gasteiger partial charge in [0.15, 0.2) is 5.16 Å². The van der Waals surface area contributed by atoms with Gasteiger partial charge in [0.25, 0.3) is 5.69 Å². The van der Waals surface area contributed by atoms with Gasteiger partial charge in [-0.2, -0.15) is 0 Å². The van der Waals surface area contributed by atoms with Crippen LogP contribution in [0.1, 0.15) is 21.6 Å². The van der Waals surface area contributed by atoms with Crippen molar-refractivity contribution in [1.82, 2.24) is 9.97 Å². The van der Waals surface area contributed by atoms with Crippen LogP contribution in [-0.2, 0) is 0 Å². The SMILES string of the molecule is Cc1ccc(-c2cc(C)nc(Sc3ccc(C=O)cc3[N+](=O)[O-])n2)cc1. The Morgan fingerprint density at radius 2 is 1.77 bits per heavy atom. The average molecular weight is 365 g/mol. The molecular formula is C19H15N3O3S. The summed E-state index contributed by atoms with van der Waals surface area (Å²) in [5.41, 5.74) is 3.75. The third kappa shape index (κ3) is 3.94. The topological polar surface area (TPSA) is 86.0 Å². The number of carbonyl (C=O) groups is 1. The molecule has 0 amide bonds. The van der Waals surface area contributed by atoms with Crippen molar-refractivity contribution in [3.63, 3.8) is 0 Å². The average Bonchev–Trinajstić information content (AvgIpc) is 2.62. The quantitative estimate of drug-likeness (QED) is 0.283. The largest absolute Gasteiger partial charge is 0.298 e. The van der Waals surface area contributed by atoms with Gasteiger partial charge in [-0.1, -0.05) is 35.9 Å². The lowest BCUT2D eigenvalue weighted by Gasteiger charge is -2.07. The molecule has 6 nitrogen and oxygen atoms in total. The maximum Gasteiger partial charge on any atom is 0.284 e. The molecule has 0 N–H and O–H groups in total. The molecule has 0 aliphatic heterocycles. The Labute approximate surface area is 154 Å². The number of hydrogen-bond donors (Lipinski definition) is 0. The maximum absolute atomic E-state index is 11.3. The summed E-state index contributed by atoms with van der Waals surface area (Å²) in [5.74, 6) is 0. The Morgan fingerprint density at radius 3 is 2.42 bits per heavy atom. The van der Waals surface area contributed by atoms with Crippen molar-refractivity contribution >= 4 is 23.7 Å². The second-order valence-corrected chi connectivity index (χ2v) is 6.76. The lowest BCUT2D eigenvalue weighted by atomic mass is 10.1. The van der Waals surface area contributed by atoms with Gasteiger partial charge in [0, 0.05) is 22.9 Å². The molecule has 0 saturated carbocycles. The fourth-order valence-electron chi connectivity index (χ4n) is 2.39. The van der Waals surface area contributed by atoms with Crippen molar-refractivity contribution in [3.8, 4) is 11.3 Å². The molecule has 7 heteroatoms. The Balaban J connectivity index is 1.99. The van der Waals surface area contributed by atoms with Crippen LogP contribution >= 0.6 is 11.8 Å². The van der Waals surface area contributed by atoms with Gasteiger partial charge < -0.3 is 0 Å². The third-order valence-corrected chi connectivity index (χ3v) is 4.63. The Kier molecular flexibility index (Phi) is 5.09. The number of aldehydes is 1. The molecule has 26 heavy (non-hydrogen) atoms. The van der Waals surface area contributed by atoms with Crippen LogP contribution in [0.4, 0.5) is 5.69 Å². The number of rotatable bonds is 5. The molecule has 130 valence electrons. The van der Waals surface area contributed by atoms with Crippen LogP contribution in [0.25, 0.3) is 11.3 Å². The summed E-state index contributed by atoms with van der Waals surface area (Å²) < 4.78 is 0. The second-order valence-electron chi connectivity index (χ2n) is 5.75. The van der Waals surface area contributed by atoms with E-state index in [1.54, 1.807) is 12.1 Å². The number of nitrogens with zero attached hydrogens (tertiary/aromatic N) is 3. The van der Waals surface area contributed by atoms with Crippen LogP contribution in [0.2, 0.25) is 0 Å². The molecule has 0 radical (unpaired) electrons. The zero-order chi connectivity index (χ0) is 18.7. The highest BCUT2D eigenvalue weighted by Crippen LogP contribution is 2.34. The van der Waals surface area contributed by atoms with Crippen LogP contribution < -0.4 is 0 Å². The first-order valence-electron chi connectivity index (χ1n) is 7.80. The van der Waals surface area contributed by atoms with Gasteiger partial charge in [-0.15, -0.1) is 0 Å². The first-order valence-corrected chi connectivity index (χ1v) is 8.62. The fourth-order valence-corrected chi connectivity index (χ4v) is 3.30. The zero-order valence-corrected chi connectivity index (χ0v) is 15.0. The highest BCUT2D eigenvalue weighted by atomic mass is 32.2. The van der Waals surface area contributed by atoms with Gasteiger partial charge in [-0.25, -0.2) is 9.97 Å². The van der Waals surface area contributed by atoms with Gasteiger partial charge in [0.05, 0.1) is 15.5 Å². The lowest BCUT2D eigenvalue weighted by molar-refractivity contribution is -0.387. The van der Waals surface area contributed by atoms with Crippen molar-refractivity contribution in [2.45, 2.75) is 23.9 Å². The first-order chi connectivity index (χ1) is 12.5. The molecule has 0 atom stereocenters. The lowest BCUT2D eigenvalue weighted by Crippen LogP contribution is -1.96. The monoisotopic (exact) mass is 365 g/mol. The summed E-state index contributed by atoms with van der Waals surface area (Å²) in [6.07, 6.45) is 0.583. The number of carbonyl (C=O) groups excluding carboxylic acids is 1. The molecule has 0 aliphatic carbocycles. The van der Waals surface area contributed by atoms with Crippen molar-refractivity contribution in [1.29, 1.82) is 0 Å². The molecule has 0 fully saturated rings. The summed E-state index contributed by atoms with van der Waals surface area (Å²) in [7, 11) is 0. The smallest absolute Gasteiger partial charge is 0.284 e. The van der Waals surface area contributed by atoms with Gasteiger partial charge >= 0.3 is 0 Å². The molecule has 0 aliphatic rings. The van der Waals surface area contributed by atoms with E-state index in [-0.39, 0.29) is 11.3 Å². The molecular weight excluding hydrogens is 350 g/mol. The number of aryl methyl sites for hydroxylation is 2. The molecule has 3 aromatic rings. The minimum atomic E-state index is -0.508. The highest BCUT2D eigenvalue weighted by molar-refractivity contribution is 7.99. The first kappa shape index (κ1) is 17.8. The number of aromatic nitrogens is 2. The van der Waals surface area contributed by atoms with E-state index >= 15 is 0 Å². The minimum Gasteiger partial charge on any atom is -0.298 e. The van der Waals surface area contributed by atoms with E-state index in [1.807, 2.05) is 44.2 Å². The molecule has 0 bridgehead atoms. The zero-order valence-electron chi connectivity index (χ0n) is 14.2. The Bertz CT molecular complexity index is 988. The third-order valence-electron chi connectivity index (χ3n) is 3.70. The van der Waals surface area contributed by atoms with Gasteiger partial charge in [-0.3, -0.25) is 14.9 Å². The van der Waals surface area contributed by atoms with Gasteiger partial charge in [-0.05, 0) is 37.7 Å². The highest BCUT2D eigenvalue weighted by Gasteiger charge is 2.17. The summed E-state index contributed by atoms with van der Waals surface area (Å²) >= 11 is 1.11. The molecule has 0 unspecified atom stereocenters. The Hall–Kier alpha value is -3.06. The molecule has 0 spiro atoms. The van der Waals surface area contributed by atoms with E-state index in [9.17, 15) is 14.9 Å².